The number of likely N-dealkylation sites (N-methyl/N-ethyl adjacent to an activating group) is 2. The molecule has 0 fully saturated rings. The summed E-state index contributed by atoms with van der Waals surface area (Å²) in [6, 6.07) is 0. The van der Waals surface area contributed by atoms with Gasteiger partial charge in [-0.25, -0.2) is 0 Å². The smallest absolute Gasteiger partial charge is 0.241 e. The van der Waals surface area contributed by atoms with Gasteiger partial charge in [-0.3, -0.25) is 9.59 Å². The van der Waals surface area contributed by atoms with E-state index in [2.05, 4.69) is 5.16 Å². The highest BCUT2D eigenvalue weighted by Gasteiger charge is 2.42. The summed E-state index contributed by atoms with van der Waals surface area (Å²) in [5, 5.41) is 11.9. The van der Waals surface area contributed by atoms with Crippen molar-refractivity contribution < 1.29 is 14.8 Å². The third-order valence-corrected chi connectivity index (χ3v) is 3.71. The molecule has 0 aromatic heterocycles. The van der Waals surface area contributed by atoms with Gasteiger partial charge in [0.05, 0.1) is 6.54 Å². The third kappa shape index (κ3) is 3.61. The fraction of sp³-hybridized carbons (Fsp3) is 0.769. The van der Waals surface area contributed by atoms with E-state index in [9.17, 15) is 9.59 Å². The minimum absolute atomic E-state index is 0.0111. The standard InChI is InChI=1S/C13H26N4O3/c1-6-13(7-2,11(14)15-20)12(19)17(8-3)9-10(18)16(4)5/h20H,6-9H2,1-5H3,(H2,14,15). The van der Waals surface area contributed by atoms with E-state index in [0.717, 1.165) is 0 Å². The zero-order chi connectivity index (χ0) is 15.9. The molecule has 0 aromatic rings. The Morgan fingerprint density at radius 3 is 2.00 bits per heavy atom. The van der Waals surface area contributed by atoms with Crippen LogP contribution in [0.15, 0.2) is 5.16 Å². The lowest BCUT2D eigenvalue weighted by Crippen LogP contribution is -2.52. The molecular weight excluding hydrogens is 260 g/mol. The topological polar surface area (TPSA) is 99.2 Å². The van der Waals surface area contributed by atoms with E-state index in [4.69, 9.17) is 10.9 Å². The van der Waals surface area contributed by atoms with Crippen molar-refractivity contribution in [2.24, 2.45) is 16.3 Å². The predicted molar refractivity (Wildman–Crippen MR) is 77.4 cm³/mol. The van der Waals surface area contributed by atoms with E-state index in [1.165, 1.54) is 9.80 Å². The van der Waals surface area contributed by atoms with E-state index in [1.54, 1.807) is 34.9 Å². The monoisotopic (exact) mass is 286 g/mol. The van der Waals surface area contributed by atoms with Crippen LogP contribution in [0.4, 0.5) is 0 Å². The van der Waals surface area contributed by atoms with Crippen LogP contribution in [-0.4, -0.2) is 59.8 Å². The van der Waals surface area contributed by atoms with Gasteiger partial charge in [0.2, 0.25) is 11.8 Å². The maximum Gasteiger partial charge on any atom is 0.241 e. The molecule has 0 aliphatic rings. The second kappa shape index (κ2) is 7.72. The van der Waals surface area contributed by atoms with Crippen LogP contribution < -0.4 is 5.73 Å². The molecule has 20 heavy (non-hydrogen) atoms. The third-order valence-electron chi connectivity index (χ3n) is 3.71. The first-order valence-corrected chi connectivity index (χ1v) is 6.78. The van der Waals surface area contributed by atoms with Crippen LogP contribution in [0.2, 0.25) is 0 Å². The molecule has 0 rings (SSSR count). The molecule has 0 spiro atoms. The van der Waals surface area contributed by atoms with Gasteiger partial charge in [0, 0.05) is 20.6 Å². The maximum atomic E-state index is 12.7. The lowest BCUT2D eigenvalue weighted by atomic mass is 9.79. The number of carbonyl (C=O) groups is 2. The van der Waals surface area contributed by atoms with Crippen molar-refractivity contribution in [2.75, 3.05) is 27.2 Å². The molecule has 0 heterocycles. The van der Waals surface area contributed by atoms with Crippen LogP contribution in [0.1, 0.15) is 33.6 Å². The van der Waals surface area contributed by atoms with Gasteiger partial charge in [0.25, 0.3) is 0 Å². The normalized spacial score (nSPS) is 12.2. The highest BCUT2D eigenvalue weighted by Crippen LogP contribution is 2.29. The summed E-state index contributed by atoms with van der Waals surface area (Å²) in [4.78, 5) is 27.3. The van der Waals surface area contributed by atoms with Crippen molar-refractivity contribution in [1.29, 1.82) is 0 Å². The van der Waals surface area contributed by atoms with Gasteiger partial charge in [-0.15, -0.1) is 0 Å². The van der Waals surface area contributed by atoms with Crippen LogP contribution in [0.25, 0.3) is 0 Å². The van der Waals surface area contributed by atoms with Gasteiger partial charge in [-0.1, -0.05) is 19.0 Å². The second-order valence-electron chi connectivity index (χ2n) is 4.88. The Morgan fingerprint density at radius 1 is 1.20 bits per heavy atom. The number of oxime groups is 1. The molecular formula is C13H26N4O3. The average molecular weight is 286 g/mol. The van der Waals surface area contributed by atoms with Crippen molar-refractivity contribution in [3.8, 4) is 0 Å². The molecule has 0 bridgehead atoms. The van der Waals surface area contributed by atoms with Gasteiger partial charge in [-0.05, 0) is 19.8 Å². The highest BCUT2D eigenvalue weighted by molar-refractivity contribution is 6.07. The van der Waals surface area contributed by atoms with Crippen LogP contribution in [0.5, 0.6) is 0 Å². The number of nitrogens with zero attached hydrogens (tertiary/aromatic N) is 3. The van der Waals surface area contributed by atoms with E-state index < -0.39 is 5.41 Å². The number of nitrogens with two attached hydrogens (primary N) is 1. The minimum atomic E-state index is -1.06. The maximum absolute atomic E-state index is 12.7. The van der Waals surface area contributed by atoms with E-state index >= 15 is 0 Å². The molecule has 0 unspecified atom stereocenters. The van der Waals surface area contributed by atoms with E-state index in [0.29, 0.717) is 19.4 Å². The van der Waals surface area contributed by atoms with Crippen molar-refractivity contribution in [3.63, 3.8) is 0 Å². The molecule has 0 aromatic carbocycles. The Morgan fingerprint density at radius 2 is 1.70 bits per heavy atom. The van der Waals surface area contributed by atoms with Crippen molar-refractivity contribution >= 4 is 17.6 Å². The number of amides is 2. The highest BCUT2D eigenvalue weighted by atomic mass is 16.4. The fourth-order valence-electron chi connectivity index (χ4n) is 2.05. The largest absolute Gasteiger partial charge is 0.409 e. The van der Waals surface area contributed by atoms with Crippen LogP contribution in [0.3, 0.4) is 0 Å². The molecule has 0 aliphatic heterocycles. The average Bonchev–Trinajstić information content (AvgIpc) is 2.45. The quantitative estimate of drug-likeness (QED) is 0.308. The number of hydrogen-bond acceptors (Lipinski definition) is 4. The summed E-state index contributed by atoms with van der Waals surface area (Å²) in [6.07, 6.45) is 0.815. The molecule has 0 aliphatic carbocycles. The summed E-state index contributed by atoms with van der Waals surface area (Å²) < 4.78 is 0. The molecule has 0 saturated heterocycles. The number of rotatable bonds is 7. The van der Waals surface area contributed by atoms with Crippen molar-refractivity contribution in [2.45, 2.75) is 33.6 Å². The summed E-state index contributed by atoms with van der Waals surface area (Å²) in [6.45, 7) is 5.78. The molecule has 0 atom stereocenters. The van der Waals surface area contributed by atoms with Crippen molar-refractivity contribution in [1.82, 2.24) is 9.80 Å². The second-order valence-corrected chi connectivity index (χ2v) is 4.88. The first-order valence-electron chi connectivity index (χ1n) is 6.78. The lowest BCUT2D eigenvalue weighted by Gasteiger charge is -2.34. The number of carbonyl (C=O) groups excluding carboxylic acids is 2. The Balaban J connectivity index is 5.37. The number of hydrogen-bond donors (Lipinski definition) is 2. The molecule has 3 N–H and O–H groups in total. The molecule has 2 amide bonds. The summed E-state index contributed by atoms with van der Waals surface area (Å²) in [7, 11) is 3.27. The van der Waals surface area contributed by atoms with Gasteiger partial charge in [0.15, 0.2) is 5.84 Å². The summed E-state index contributed by atoms with van der Waals surface area (Å²) in [5.41, 5.74) is 4.66. The van der Waals surface area contributed by atoms with Gasteiger partial charge in [-0.2, -0.15) is 0 Å². The Hall–Kier alpha value is -1.79. The van der Waals surface area contributed by atoms with Gasteiger partial charge in [0.1, 0.15) is 5.41 Å². The van der Waals surface area contributed by atoms with E-state index in [1.807, 2.05) is 0 Å². The SMILES string of the molecule is CCN(CC(=O)N(C)C)C(=O)C(CC)(CC)C(N)=NO. The Bertz CT molecular complexity index is 376. The van der Waals surface area contributed by atoms with E-state index in [-0.39, 0.29) is 24.2 Å². The predicted octanol–water partition coefficient (Wildman–Crippen LogP) is 0.476. The molecule has 116 valence electrons. The lowest BCUT2D eigenvalue weighted by molar-refractivity contribution is -0.144. The van der Waals surface area contributed by atoms with Gasteiger partial charge < -0.3 is 20.7 Å². The Labute approximate surface area is 120 Å². The van der Waals surface area contributed by atoms with Crippen LogP contribution in [0, 0.1) is 5.41 Å². The zero-order valence-corrected chi connectivity index (χ0v) is 13.0. The van der Waals surface area contributed by atoms with Crippen molar-refractivity contribution in [3.05, 3.63) is 0 Å². The van der Waals surface area contributed by atoms with Crippen LogP contribution in [-0.2, 0) is 9.59 Å². The molecule has 7 heteroatoms. The zero-order valence-electron chi connectivity index (χ0n) is 13.0. The molecule has 0 radical (unpaired) electrons. The summed E-state index contributed by atoms with van der Waals surface area (Å²) >= 11 is 0. The first-order chi connectivity index (χ1) is 9.30. The Kier molecular flexibility index (Phi) is 7.02. The minimum Gasteiger partial charge on any atom is -0.409 e. The van der Waals surface area contributed by atoms with Gasteiger partial charge >= 0.3 is 0 Å². The van der Waals surface area contributed by atoms with Crippen LogP contribution >= 0.6 is 0 Å². The molecule has 0 saturated carbocycles. The summed E-state index contributed by atoms with van der Waals surface area (Å²) in [5.74, 6) is -0.556. The fourth-order valence-corrected chi connectivity index (χ4v) is 2.05. The first kappa shape index (κ1) is 18.2. The molecule has 7 nitrogen and oxygen atoms in total. The number of amidine groups is 1.